The van der Waals surface area contributed by atoms with Gasteiger partial charge in [0.25, 0.3) is 5.91 Å². The van der Waals surface area contributed by atoms with Crippen molar-refractivity contribution in [1.29, 1.82) is 0 Å². The smallest absolute Gasteiger partial charge is 0.257 e. The van der Waals surface area contributed by atoms with E-state index in [-0.39, 0.29) is 12.5 Å². The van der Waals surface area contributed by atoms with E-state index >= 15 is 0 Å². The molecule has 0 bridgehead atoms. The zero-order valence-corrected chi connectivity index (χ0v) is 14.0. The Hall–Kier alpha value is -2.46. The first kappa shape index (κ1) is 16.9. The number of halogens is 1. The first-order chi connectivity index (χ1) is 11.0. The second kappa shape index (κ2) is 7.70. The van der Waals surface area contributed by atoms with E-state index in [1.54, 1.807) is 6.07 Å². The molecule has 0 saturated heterocycles. The number of carbonyl (C=O) groups is 1. The van der Waals surface area contributed by atoms with E-state index in [4.69, 9.17) is 11.6 Å². The van der Waals surface area contributed by atoms with Crippen LogP contribution in [-0.2, 0) is 4.79 Å². The molecule has 23 heavy (non-hydrogen) atoms. The molecule has 2 aromatic carbocycles. The van der Waals surface area contributed by atoms with Crippen molar-refractivity contribution in [3.8, 4) is 0 Å². The summed E-state index contributed by atoms with van der Waals surface area (Å²) in [6.07, 6.45) is 0. The number of hydrogen-bond donors (Lipinski definition) is 3. The van der Waals surface area contributed by atoms with Gasteiger partial charge in [-0.25, -0.2) is 0 Å². The number of aryl methyl sites for hydroxylation is 2. The van der Waals surface area contributed by atoms with E-state index in [9.17, 15) is 4.79 Å². The van der Waals surface area contributed by atoms with E-state index in [1.807, 2.05) is 50.2 Å². The van der Waals surface area contributed by atoms with Crippen LogP contribution in [-0.4, -0.2) is 12.5 Å². The molecular weight excluding hydrogens is 310 g/mol. The summed E-state index contributed by atoms with van der Waals surface area (Å²) in [6, 6.07) is 13.4. The molecule has 0 radical (unpaired) electrons. The molecule has 4 nitrogen and oxygen atoms in total. The lowest BCUT2D eigenvalue weighted by Gasteiger charge is -2.13. The molecule has 0 atom stereocenters. The van der Waals surface area contributed by atoms with Crippen molar-refractivity contribution in [2.45, 2.75) is 13.8 Å². The Kier molecular flexibility index (Phi) is 5.66. The second-order valence-corrected chi connectivity index (χ2v) is 5.77. The molecule has 120 valence electrons. The van der Waals surface area contributed by atoms with Crippen molar-refractivity contribution < 1.29 is 4.79 Å². The lowest BCUT2D eigenvalue weighted by molar-refractivity contribution is -0.120. The number of rotatable bonds is 6. The van der Waals surface area contributed by atoms with Crippen molar-refractivity contribution >= 4 is 28.9 Å². The Bertz CT molecular complexity index is 711. The molecule has 0 unspecified atom stereocenters. The molecular formula is C18H20ClN3O. The number of benzene rings is 2. The Morgan fingerprint density at radius 3 is 2.43 bits per heavy atom. The highest BCUT2D eigenvalue weighted by atomic mass is 35.5. The molecule has 0 heterocycles. The molecule has 0 spiro atoms. The fourth-order valence-corrected chi connectivity index (χ4v) is 2.24. The molecule has 0 aromatic heterocycles. The van der Waals surface area contributed by atoms with Gasteiger partial charge in [-0.2, -0.15) is 0 Å². The van der Waals surface area contributed by atoms with Gasteiger partial charge in [0, 0.05) is 10.7 Å². The van der Waals surface area contributed by atoms with Gasteiger partial charge in [0.05, 0.1) is 12.2 Å². The van der Waals surface area contributed by atoms with Gasteiger partial charge in [-0.05, 0) is 43.2 Å². The Morgan fingerprint density at radius 2 is 1.78 bits per heavy atom. The zero-order valence-electron chi connectivity index (χ0n) is 13.2. The number of anilines is 1. The second-order valence-electron chi connectivity index (χ2n) is 5.33. The normalized spacial score (nSPS) is 10.0. The van der Waals surface area contributed by atoms with Crippen molar-refractivity contribution in [1.82, 2.24) is 10.9 Å². The summed E-state index contributed by atoms with van der Waals surface area (Å²) >= 11 is 5.91. The molecule has 5 heteroatoms. The molecule has 2 aromatic rings. The first-order valence-corrected chi connectivity index (χ1v) is 7.64. The van der Waals surface area contributed by atoms with Gasteiger partial charge in [0.1, 0.15) is 0 Å². The number of amides is 1. The van der Waals surface area contributed by atoms with E-state index in [0.29, 0.717) is 10.7 Å². The number of hydrazine groups is 1. The van der Waals surface area contributed by atoms with Crippen LogP contribution in [0.25, 0.3) is 5.70 Å². The van der Waals surface area contributed by atoms with Gasteiger partial charge in [-0.1, -0.05) is 48.0 Å². The maximum atomic E-state index is 11.9. The van der Waals surface area contributed by atoms with Crippen LogP contribution in [0.4, 0.5) is 5.69 Å². The molecule has 0 aliphatic carbocycles. The van der Waals surface area contributed by atoms with Gasteiger partial charge in [-0.15, -0.1) is 0 Å². The Morgan fingerprint density at radius 1 is 1.09 bits per heavy atom. The van der Waals surface area contributed by atoms with Gasteiger partial charge in [0.15, 0.2) is 0 Å². The first-order valence-electron chi connectivity index (χ1n) is 7.26. The largest absolute Gasteiger partial charge is 0.376 e. The third-order valence-electron chi connectivity index (χ3n) is 3.38. The maximum absolute atomic E-state index is 11.9. The standard InChI is InChI=1S/C18H20ClN3O/c1-12-4-6-15(7-5-12)14(3)21-22-18(23)11-20-17-9-8-16(19)10-13(17)2/h4-10,20-21H,3,11H2,1-2H3,(H,22,23). The summed E-state index contributed by atoms with van der Waals surface area (Å²) in [5.74, 6) is -0.187. The Balaban J connectivity index is 1.81. The number of hydrogen-bond acceptors (Lipinski definition) is 3. The lowest BCUT2D eigenvalue weighted by atomic mass is 10.1. The summed E-state index contributed by atoms with van der Waals surface area (Å²) < 4.78 is 0. The quantitative estimate of drug-likeness (QED) is 0.709. The van der Waals surface area contributed by atoms with Gasteiger partial charge >= 0.3 is 0 Å². The average Bonchev–Trinajstić information content (AvgIpc) is 2.52. The summed E-state index contributed by atoms with van der Waals surface area (Å²) in [7, 11) is 0. The van der Waals surface area contributed by atoms with Gasteiger partial charge in [0.2, 0.25) is 0 Å². The van der Waals surface area contributed by atoms with Crippen LogP contribution in [0.5, 0.6) is 0 Å². The van der Waals surface area contributed by atoms with Gasteiger partial charge < -0.3 is 5.32 Å². The minimum atomic E-state index is -0.187. The van der Waals surface area contributed by atoms with Crippen LogP contribution in [0.3, 0.4) is 0 Å². The molecule has 0 aliphatic heterocycles. The fourth-order valence-electron chi connectivity index (χ4n) is 2.02. The zero-order chi connectivity index (χ0) is 16.8. The van der Waals surface area contributed by atoms with Crippen molar-refractivity contribution in [3.63, 3.8) is 0 Å². The Labute approximate surface area is 141 Å². The molecule has 2 rings (SSSR count). The highest BCUT2D eigenvalue weighted by molar-refractivity contribution is 6.30. The van der Waals surface area contributed by atoms with Crippen LogP contribution in [0, 0.1) is 13.8 Å². The maximum Gasteiger partial charge on any atom is 0.257 e. The minimum Gasteiger partial charge on any atom is -0.376 e. The van der Waals surface area contributed by atoms with Crippen LogP contribution < -0.4 is 16.2 Å². The van der Waals surface area contributed by atoms with Crippen molar-refractivity contribution in [3.05, 3.63) is 70.8 Å². The third-order valence-corrected chi connectivity index (χ3v) is 3.62. The molecule has 0 fully saturated rings. The highest BCUT2D eigenvalue weighted by Crippen LogP contribution is 2.19. The van der Waals surface area contributed by atoms with Crippen LogP contribution in [0.2, 0.25) is 5.02 Å². The van der Waals surface area contributed by atoms with E-state index in [0.717, 1.165) is 16.8 Å². The van der Waals surface area contributed by atoms with Crippen LogP contribution >= 0.6 is 11.6 Å². The summed E-state index contributed by atoms with van der Waals surface area (Å²) in [6.45, 7) is 8.01. The number of carbonyl (C=O) groups excluding carboxylic acids is 1. The average molecular weight is 330 g/mol. The van der Waals surface area contributed by atoms with Crippen molar-refractivity contribution in [2.75, 3.05) is 11.9 Å². The monoisotopic (exact) mass is 329 g/mol. The molecule has 1 amide bonds. The lowest BCUT2D eigenvalue weighted by Crippen LogP contribution is -2.39. The topological polar surface area (TPSA) is 53.2 Å². The van der Waals surface area contributed by atoms with Crippen LogP contribution in [0.15, 0.2) is 49.0 Å². The molecule has 0 saturated carbocycles. The summed E-state index contributed by atoms with van der Waals surface area (Å²) in [5, 5.41) is 3.75. The summed E-state index contributed by atoms with van der Waals surface area (Å²) in [5.41, 5.74) is 10.0. The van der Waals surface area contributed by atoms with E-state index in [2.05, 4.69) is 22.7 Å². The van der Waals surface area contributed by atoms with Crippen LogP contribution in [0.1, 0.15) is 16.7 Å². The van der Waals surface area contributed by atoms with E-state index < -0.39 is 0 Å². The van der Waals surface area contributed by atoms with Gasteiger partial charge in [-0.3, -0.25) is 15.6 Å². The highest BCUT2D eigenvalue weighted by Gasteiger charge is 2.04. The third kappa shape index (κ3) is 5.04. The SMILES string of the molecule is C=C(NNC(=O)CNc1ccc(Cl)cc1C)c1ccc(C)cc1. The molecule has 3 N–H and O–H groups in total. The predicted octanol–water partition coefficient (Wildman–Crippen LogP) is 3.66. The minimum absolute atomic E-state index is 0.149. The molecule has 0 aliphatic rings. The van der Waals surface area contributed by atoms with E-state index in [1.165, 1.54) is 5.56 Å². The van der Waals surface area contributed by atoms with Crippen molar-refractivity contribution in [2.24, 2.45) is 0 Å². The predicted molar refractivity (Wildman–Crippen MR) is 96.2 cm³/mol. The summed E-state index contributed by atoms with van der Waals surface area (Å²) in [4.78, 5) is 11.9. The number of nitrogens with one attached hydrogen (secondary N) is 3. The fraction of sp³-hybridized carbons (Fsp3) is 0.167.